The summed E-state index contributed by atoms with van der Waals surface area (Å²) in [6, 6.07) is 7.30. The van der Waals surface area contributed by atoms with E-state index in [0.717, 1.165) is 30.0 Å². The Labute approximate surface area is 167 Å². The van der Waals surface area contributed by atoms with E-state index in [0.29, 0.717) is 36.5 Å². The zero-order chi connectivity index (χ0) is 20.7. The molecule has 0 unspecified atom stereocenters. The van der Waals surface area contributed by atoms with E-state index in [1.54, 1.807) is 19.1 Å². The first-order valence-corrected chi connectivity index (χ1v) is 9.85. The van der Waals surface area contributed by atoms with Gasteiger partial charge in [0.2, 0.25) is 0 Å². The molecule has 1 heterocycles. The normalized spacial score (nSPS) is 10.9. The molecule has 2 aromatic rings. The Kier molecular flexibility index (Phi) is 7.85. The molecule has 5 heteroatoms. The van der Waals surface area contributed by atoms with Gasteiger partial charge in [0.25, 0.3) is 0 Å². The van der Waals surface area contributed by atoms with Crippen molar-refractivity contribution in [1.29, 1.82) is 0 Å². The second kappa shape index (κ2) is 10.1. The van der Waals surface area contributed by atoms with Crippen LogP contribution in [-0.4, -0.2) is 29.1 Å². The summed E-state index contributed by atoms with van der Waals surface area (Å²) in [7, 11) is 0. The topological polar surface area (TPSA) is 68.7 Å². The van der Waals surface area contributed by atoms with Crippen LogP contribution >= 0.6 is 0 Å². The minimum absolute atomic E-state index is 0.0221. The van der Waals surface area contributed by atoms with Crippen LogP contribution in [0.5, 0.6) is 17.2 Å². The van der Waals surface area contributed by atoms with Gasteiger partial charge in [-0.3, -0.25) is 9.78 Å². The lowest BCUT2D eigenvalue weighted by atomic mass is 9.98. The number of Topliss-reactive ketones (excluding diaryl/α,β-unsaturated/α-hetero) is 1. The number of hydrogen-bond acceptors (Lipinski definition) is 5. The molecule has 0 radical (unpaired) electrons. The summed E-state index contributed by atoms with van der Waals surface area (Å²) < 4.78 is 11.6. The maximum Gasteiger partial charge on any atom is 0.166 e. The molecule has 0 spiro atoms. The van der Waals surface area contributed by atoms with Gasteiger partial charge in [-0.1, -0.05) is 13.8 Å². The summed E-state index contributed by atoms with van der Waals surface area (Å²) in [6.45, 7) is 10.8. The van der Waals surface area contributed by atoms with Crippen molar-refractivity contribution in [1.82, 2.24) is 4.98 Å². The number of nitrogens with zero attached hydrogens (tertiary/aromatic N) is 1. The van der Waals surface area contributed by atoms with Crippen molar-refractivity contribution in [2.45, 2.75) is 53.9 Å². The van der Waals surface area contributed by atoms with Crippen molar-refractivity contribution < 1.29 is 19.4 Å². The highest BCUT2D eigenvalue weighted by Crippen LogP contribution is 2.31. The molecular formula is C23H31NO4. The Bertz CT molecular complexity index is 814. The fourth-order valence-electron chi connectivity index (χ4n) is 2.94. The number of aryl methyl sites for hydroxylation is 2. The van der Waals surface area contributed by atoms with Crippen molar-refractivity contribution in [2.24, 2.45) is 5.92 Å². The van der Waals surface area contributed by atoms with Gasteiger partial charge in [-0.25, -0.2) is 0 Å². The highest BCUT2D eigenvalue weighted by Gasteiger charge is 2.17. The van der Waals surface area contributed by atoms with E-state index in [-0.39, 0.29) is 17.5 Å². The van der Waals surface area contributed by atoms with Gasteiger partial charge in [0.05, 0.1) is 24.5 Å². The SMILES string of the molecule is Cc1ccc(OCCCCOc2ccc(C(=O)CC(C)C)c(O)c2C)c(C)n1. The van der Waals surface area contributed by atoms with Crippen LogP contribution < -0.4 is 9.47 Å². The summed E-state index contributed by atoms with van der Waals surface area (Å²) >= 11 is 0. The van der Waals surface area contributed by atoms with Crippen molar-refractivity contribution in [3.05, 3.63) is 46.8 Å². The Morgan fingerprint density at radius 1 is 1.00 bits per heavy atom. The highest BCUT2D eigenvalue weighted by atomic mass is 16.5. The molecule has 0 aliphatic carbocycles. The van der Waals surface area contributed by atoms with Crippen LogP contribution in [0.4, 0.5) is 0 Å². The van der Waals surface area contributed by atoms with Crippen LogP contribution in [0.3, 0.4) is 0 Å². The Morgan fingerprint density at radius 3 is 2.21 bits per heavy atom. The summed E-state index contributed by atoms with van der Waals surface area (Å²) in [6.07, 6.45) is 2.10. The number of aromatic hydroxyl groups is 1. The number of carbonyl (C=O) groups is 1. The molecule has 0 atom stereocenters. The standard InChI is InChI=1S/C23H31NO4/c1-15(2)14-20(25)19-9-11-21(17(4)23(19)26)27-12-6-7-13-28-22-10-8-16(3)24-18(22)5/h8-11,15,26H,6-7,12-14H2,1-5H3. The van der Waals surface area contributed by atoms with Crippen LogP contribution in [0, 0.1) is 26.7 Å². The molecule has 0 fully saturated rings. The molecular weight excluding hydrogens is 354 g/mol. The van der Waals surface area contributed by atoms with Gasteiger partial charge in [-0.15, -0.1) is 0 Å². The highest BCUT2D eigenvalue weighted by molar-refractivity contribution is 5.99. The molecule has 0 aliphatic heterocycles. The smallest absolute Gasteiger partial charge is 0.166 e. The van der Waals surface area contributed by atoms with Gasteiger partial charge in [-0.05, 0) is 63.8 Å². The first-order chi connectivity index (χ1) is 13.3. The third kappa shape index (κ3) is 5.98. The lowest BCUT2D eigenvalue weighted by Gasteiger charge is -2.14. The van der Waals surface area contributed by atoms with Crippen molar-refractivity contribution in [3.8, 4) is 17.2 Å². The Hall–Kier alpha value is -2.56. The van der Waals surface area contributed by atoms with Crippen molar-refractivity contribution in [2.75, 3.05) is 13.2 Å². The maximum atomic E-state index is 12.2. The van der Waals surface area contributed by atoms with Crippen LogP contribution in [0.2, 0.25) is 0 Å². The lowest BCUT2D eigenvalue weighted by Crippen LogP contribution is -2.07. The molecule has 0 saturated carbocycles. The molecule has 2 rings (SSSR count). The van der Waals surface area contributed by atoms with Crippen molar-refractivity contribution in [3.63, 3.8) is 0 Å². The fraction of sp³-hybridized carbons (Fsp3) is 0.478. The van der Waals surface area contributed by atoms with E-state index >= 15 is 0 Å². The lowest BCUT2D eigenvalue weighted by molar-refractivity contribution is 0.0965. The van der Waals surface area contributed by atoms with E-state index in [1.807, 2.05) is 39.8 Å². The molecule has 0 bridgehead atoms. The number of carbonyl (C=O) groups excluding carboxylic acids is 1. The first kappa shape index (κ1) is 21.7. The molecule has 1 aromatic heterocycles. The minimum Gasteiger partial charge on any atom is -0.507 e. The number of benzene rings is 1. The second-order valence-corrected chi connectivity index (χ2v) is 7.55. The molecule has 152 valence electrons. The quantitative estimate of drug-likeness (QED) is 0.451. The molecule has 0 amide bonds. The average molecular weight is 386 g/mol. The van der Waals surface area contributed by atoms with Gasteiger partial charge < -0.3 is 14.6 Å². The predicted molar refractivity (Wildman–Crippen MR) is 111 cm³/mol. The van der Waals surface area contributed by atoms with Crippen LogP contribution in [0.25, 0.3) is 0 Å². The maximum absolute atomic E-state index is 12.2. The summed E-state index contributed by atoms with van der Waals surface area (Å²) in [4.78, 5) is 16.6. The minimum atomic E-state index is -0.0415. The molecule has 1 N–H and O–H groups in total. The predicted octanol–water partition coefficient (Wildman–Crippen LogP) is 5.18. The van der Waals surface area contributed by atoms with Gasteiger partial charge in [0.15, 0.2) is 5.78 Å². The summed E-state index contributed by atoms with van der Waals surface area (Å²) in [5.41, 5.74) is 2.85. The van der Waals surface area contributed by atoms with Crippen molar-refractivity contribution >= 4 is 5.78 Å². The van der Waals surface area contributed by atoms with Gasteiger partial charge >= 0.3 is 0 Å². The third-order valence-electron chi connectivity index (χ3n) is 4.51. The third-order valence-corrected chi connectivity index (χ3v) is 4.51. The zero-order valence-electron chi connectivity index (χ0n) is 17.5. The van der Waals surface area contributed by atoms with Gasteiger partial charge in [0.1, 0.15) is 17.2 Å². The van der Waals surface area contributed by atoms with Gasteiger partial charge in [-0.2, -0.15) is 0 Å². The fourth-order valence-corrected chi connectivity index (χ4v) is 2.94. The second-order valence-electron chi connectivity index (χ2n) is 7.55. The number of phenolic OH excluding ortho intramolecular Hbond substituents is 1. The number of ether oxygens (including phenoxy) is 2. The molecule has 28 heavy (non-hydrogen) atoms. The van der Waals surface area contributed by atoms with Gasteiger partial charge in [0, 0.05) is 17.7 Å². The van der Waals surface area contributed by atoms with E-state index in [1.165, 1.54) is 0 Å². The molecule has 5 nitrogen and oxygen atoms in total. The van der Waals surface area contributed by atoms with E-state index in [4.69, 9.17) is 9.47 Å². The first-order valence-electron chi connectivity index (χ1n) is 9.85. The number of hydrogen-bond donors (Lipinski definition) is 1. The molecule has 0 aliphatic rings. The average Bonchev–Trinajstić information content (AvgIpc) is 2.62. The summed E-state index contributed by atoms with van der Waals surface area (Å²) in [5, 5.41) is 10.3. The number of pyridine rings is 1. The number of unbranched alkanes of at least 4 members (excludes halogenated alkanes) is 1. The van der Waals surface area contributed by atoms with Crippen LogP contribution in [-0.2, 0) is 0 Å². The summed E-state index contributed by atoms with van der Waals surface area (Å²) in [5.74, 6) is 1.66. The molecule has 1 aromatic carbocycles. The largest absolute Gasteiger partial charge is 0.507 e. The number of aromatic nitrogens is 1. The number of ketones is 1. The Morgan fingerprint density at radius 2 is 1.61 bits per heavy atom. The number of phenols is 1. The van der Waals surface area contributed by atoms with E-state index in [9.17, 15) is 9.90 Å². The van der Waals surface area contributed by atoms with Crippen LogP contribution in [0.1, 0.15) is 60.4 Å². The molecule has 0 saturated heterocycles. The van der Waals surface area contributed by atoms with E-state index < -0.39 is 0 Å². The monoisotopic (exact) mass is 385 g/mol. The van der Waals surface area contributed by atoms with E-state index in [2.05, 4.69) is 4.98 Å². The van der Waals surface area contributed by atoms with Crippen LogP contribution in [0.15, 0.2) is 24.3 Å². The number of rotatable bonds is 10. The zero-order valence-corrected chi connectivity index (χ0v) is 17.5. The Balaban J connectivity index is 1.80.